The normalized spacial score (nSPS) is 9.04. The van der Waals surface area contributed by atoms with Gasteiger partial charge in [-0.2, -0.15) is 0 Å². The van der Waals surface area contributed by atoms with Gasteiger partial charge in [0, 0.05) is 104 Å². The van der Waals surface area contributed by atoms with E-state index in [9.17, 15) is 10.2 Å². The van der Waals surface area contributed by atoms with Crippen LogP contribution in [0.4, 0.5) is 0 Å². The Morgan fingerprint density at radius 3 is 1.78 bits per heavy atom. The molecule has 4 aromatic carbocycles. The Morgan fingerprint density at radius 1 is 0.556 bits per heavy atom. The average molecular weight is 589 g/mol. The molecule has 0 heterocycles. The summed E-state index contributed by atoms with van der Waals surface area (Å²) in [6.07, 6.45) is 0. The standard InChI is InChI=1S/C20H14O2.2H2O.3Y/c21-15-11-14-6-2-3-7-16(14)18(12-15)20-17-8-4-1-5-13(17)9-10-19(20)22;;;;;/h1-12,21-22H;2*1H2;;;. The molecular weight excluding hydrogens is 571 g/mol. The van der Waals surface area contributed by atoms with Gasteiger partial charge in [-0.15, -0.1) is 0 Å². The summed E-state index contributed by atoms with van der Waals surface area (Å²) in [7, 11) is 0. The molecular formula is C20H18O4Y3. The van der Waals surface area contributed by atoms with E-state index in [2.05, 4.69) is 0 Å². The quantitative estimate of drug-likeness (QED) is 0.356. The van der Waals surface area contributed by atoms with Gasteiger partial charge in [-0.1, -0.05) is 54.6 Å². The van der Waals surface area contributed by atoms with Crippen molar-refractivity contribution in [3.8, 4) is 22.6 Å². The fourth-order valence-electron chi connectivity index (χ4n) is 3.04. The number of hydrogen-bond acceptors (Lipinski definition) is 2. The molecule has 0 unspecified atom stereocenters. The number of fused-ring (bicyclic) bond motifs is 2. The molecule has 0 aliphatic rings. The number of rotatable bonds is 1. The van der Waals surface area contributed by atoms with Crippen molar-refractivity contribution in [3.63, 3.8) is 0 Å². The van der Waals surface area contributed by atoms with E-state index in [0.717, 1.165) is 32.7 Å². The molecule has 0 spiro atoms. The smallest absolute Gasteiger partial charge is 0.124 e. The molecule has 131 valence electrons. The third kappa shape index (κ3) is 5.87. The van der Waals surface area contributed by atoms with Crippen LogP contribution in [0.1, 0.15) is 0 Å². The molecule has 0 fully saturated rings. The molecule has 0 aliphatic carbocycles. The van der Waals surface area contributed by atoms with Gasteiger partial charge >= 0.3 is 0 Å². The molecule has 0 saturated carbocycles. The third-order valence-corrected chi connectivity index (χ3v) is 4.02. The van der Waals surface area contributed by atoms with Gasteiger partial charge in [0.15, 0.2) is 0 Å². The Kier molecular flexibility index (Phi) is 13.9. The predicted molar refractivity (Wildman–Crippen MR) is 97.4 cm³/mol. The first-order chi connectivity index (χ1) is 10.7. The molecule has 3 radical (unpaired) electrons. The van der Waals surface area contributed by atoms with Crippen molar-refractivity contribution in [2.75, 3.05) is 0 Å². The van der Waals surface area contributed by atoms with Gasteiger partial charge in [0.1, 0.15) is 11.5 Å². The fraction of sp³-hybridized carbons (Fsp3) is 0. The predicted octanol–water partition coefficient (Wildman–Crippen LogP) is 3.41. The molecule has 0 aromatic heterocycles. The Bertz CT molecular complexity index is 1020. The van der Waals surface area contributed by atoms with E-state index in [4.69, 9.17) is 0 Å². The van der Waals surface area contributed by atoms with Crippen LogP contribution in [-0.2, 0) is 98.1 Å². The minimum atomic E-state index is 0. The van der Waals surface area contributed by atoms with Crippen LogP contribution in [0.2, 0.25) is 0 Å². The number of phenols is 2. The molecule has 0 amide bonds. The van der Waals surface area contributed by atoms with Crippen molar-refractivity contribution < 1.29 is 119 Å². The number of benzene rings is 4. The largest absolute Gasteiger partial charge is 0.508 e. The Balaban J connectivity index is 0. The molecule has 0 aliphatic heterocycles. The van der Waals surface area contributed by atoms with E-state index in [-0.39, 0.29) is 121 Å². The van der Waals surface area contributed by atoms with Gasteiger partial charge in [0.05, 0.1) is 0 Å². The Morgan fingerprint density at radius 2 is 1.11 bits per heavy atom. The summed E-state index contributed by atoms with van der Waals surface area (Å²) in [5, 5.41) is 24.5. The second-order valence-electron chi connectivity index (χ2n) is 5.40. The van der Waals surface area contributed by atoms with Crippen LogP contribution in [0.5, 0.6) is 11.5 Å². The van der Waals surface area contributed by atoms with Gasteiger partial charge < -0.3 is 21.2 Å². The summed E-state index contributed by atoms with van der Waals surface area (Å²) < 4.78 is 0. The minimum Gasteiger partial charge on any atom is -0.508 e. The Labute approximate surface area is 233 Å². The van der Waals surface area contributed by atoms with Crippen molar-refractivity contribution in [3.05, 3.63) is 72.8 Å². The van der Waals surface area contributed by atoms with E-state index in [1.165, 1.54) is 0 Å². The first-order valence-corrected chi connectivity index (χ1v) is 7.17. The van der Waals surface area contributed by atoms with Crippen LogP contribution >= 0.6 is 0 Å². The molecule has 6 N–H and O–H groups in total. The molecule has 0 bridgehead atoms. The van der Waals surface area contributed by atoms with Crippen molar-refractivity contribution in [1.82, 2.24) is 0 Å². The van der Waals surface area contributed by atoms with Crippen LogP contribution in [-0.4, -0.2) is 21.2 Å². The molecule has 4 nitrogen and oxygen atoms in total. The molecule has 4 aromatic rings. The summed E-state index contributed by atoms with van der Waals surface area (Å²) in [6, 6.07) is 22.9. The van der Waals surface area contributed by atoms with Gasteiger partial charge in [-0.25, -0.2) is 0 Å². The van der Waals surface area contributed by atoms with Crippen molar-refractivity contribution in [2.45, 2.75) is 0 Å². The number of aromatic hydroxyl groups is 2. The SMILES string of the molecule is O.O.Oc1cc(-c2c(O)ccc3ccccc23)c2ccccc2c1.[Y].[Y].[Y]. The summed E-state index contributed by atoms with van der Waals surface area (Å²) in [6.45, 7) is 0. The number of phenolic OH excluding ortho intramolecular Hbond substituents is 2. The van der Waals surface area contributed by atoms with Crippen LogP contribution in [0.15, 0.2) is 72.8 Å². The zero-order valence-electron chi connectivity index (χ0n) is 14.6. The maximum atomic E-state index is 10.4. The van der Waals surface area contributed by atoms with Crippen LogP contribution in [0.3, 0.4) is 0 Å². The fourth-order valence-corrected chi connectivity index (χ4v) is 3.04. The maximum absolute atomic E-state index is 10.4. The van der Waals surface area contributed by atoms with E-state index in [1.54, 1.807) is 18.2 Å². The van der Waals surface area contributed by atoms with Crippen molar-refractivity contribution >= 4 is 21.5 Å². The van der Waals surface area contributed by atoms with E-state index in [0.29, 0.717) is 0 Å². The first kappa shape index (κ1) is 29.4. The molecule has 0 saturated heterocycles. The van der Waals surface area contributed by atoms with Gasteiger partial charge in [0.25, 0.3) is 0 Å². The molecule has 0 atom stereocenters. The van der Waals surface area contributed by atoms with Crippen LogP contribution < -0.4 is 0 Å². The summed E-state index contributed by atoms with van der Waals surface area (Å²) in [5.41, 5.74) is 1.59. The zero-order valence-corrected chi connectivity index (χ0v) is 23.1. The monoisotopic (exact) mass is 589 g/mol. The van der Waals surface area contributed by atoms with Crippen LogP contribution in [0.25, 0.3) is 32.7 Å². The summed E-state index contributed by atoms with van der Waals surface area (Å²) >= 11 is 0. The molecule has 27 heavy (non-hydrogen) atoms. The second-order valence-corrected chi connectivity index (χ2v) is 5.40. The summed E-state index contributed by atoms with van der Waals surface area (Å²) in [5.74, 6) is 0.412. The zero-order chi connectivity index (χ0) is 15.1. The van der Waals surface area contributed by atoms with Crippen LogP contribution in [0, 0.1) is 0 Å². The Hall–Kier alpha value is 0.232. The second kappa shape index (κ2) is 12.7. The van der Waals surface area contributed by atoms with Crippen molar-refractivity contribution in [1.29, 1.82) is 0 Å². The average Bonchev–Trinajstić information content (AvgIpc) is 2.54. The van der Waals surface area contributed by atoms with Gasteiger partial charge in [-0.3, -0.25) is 0 Å². The van der Waals surface area contributed by atoms with E-state index >= 15 is 0 Å². The minimum absolute atomic E-state index is 0. The molecule has 4 rings (SSSR count). The van der Waals surface area contributed by atoms with Gasteiger partial charge in [0.2, 0.25) is 0 Å². The third-order valence-electron chi connectivity index (χ3n) is 4.02. The van der Waals surface area contributed by atoms with Gasteiger partial charge in [-0.05, 0) is 45.3 Å². The maximum Gasteiger partial charge on any atom is 0.124 e. The first-order valence-electron chi connectivity index (χ1n) is 7.17. The topological polar surface area (TPSA) is 103 Å². The van der Waals surface area contributed by atoms with E-state index < -0.39 is 0 Å². The summed E-state index contributed by atoms with van der Waals surface area (Å²) in [4.78, 5) is 0. The van der Waals surface area contributed by atoms with Crippen molar-refractivity contribution in [2.24, 2.45) is 0 Å². The van der Waals surface area contributed by atoms with E-state index in [1.807, 2.05) is 54.6 Å². The number of hydrogen-bond donors (Lipinski definition) is 2. The molecule has 7 heteroatoms.